The molecule has 0 saturated heterocycles. The molecule has 0 aliphatic heterocycles. The van der Waals surface area contributed by atoms with Crippen molar-refractivity contribution in [3.63, 3.8) is 0 Å². The minimum Gasteiger partial charge on any atom is -0.322 e. The number of carbonyl (C=O) groups is 1. The average Bonchev–Trinajstić information content (AvgIpc) is 3.07. The largest absolute Gasteiger partial charge is 0.322 e. The Bertz CT molecular complexity index is 1060. The summed E-state index contributed by atoms with van der Waals surface area (Å²) >= 11 is 0. The zero-order valence-electron chi connectivity index (χ0n) is 15.0. The van der Waals surface area contributed by atoms with Gasteiger partial charge in [-0.1, -0.05) is 66.7 Å². The molecule has 4 heteroatoms. The van der Waals surface area contributed by atoms with Crippen LogP contribution in [0, 0.1) is 6.92 Å². The molecular formula is C23H19N3O. The Balaban J connectivity index is 1.83. The predicted molar refractivity (Wildman–Crippen MR) is 108 cm³/mol. The fourth-order valence-corrected chi connectivity index (χ4v) is 3.11. The van der Waals surface area contributed by atoms with Crippen LogP contribution in [0.4, 0.5) is 5.69 Å². The normalized spacial score (nSPS) is 10.6. The molecule has 0 atom stereocenters. The first-order valence-corrected chi connectivity index (χ1v) is 8.81. The van der Waals surface area contributed by atoms with E-state index in [1.54, 1.807) is 0 Å². The van der Waals surface area contributed by atoms with Crippen molar-refractivity contribution in [3.8, 4) is 16.9 Å². The summed E-state index contributed by atoms with van der Waals surface area (Å²) in [6.45, 7) is 1.92. The van der Waals surface area contributed by atoms with Crippen LogP contribution in [0.1, 0.15) is 16.1 Å². The van der Waals surface area contributed by atoms with Crippen molar-refractivity contribution in [2.24, 2.45) is 0 Å². The monoisotopic (exact) mass is 353 g/mol. The lowest BCUT2D eigenvalue weighted by Gasteiger charge is -2.07. The smallest absolute Gasteiger partial charge is 0.259 e. The summed E-state index contributed by atoms with van der Waals surface area (Å²) in [6.07, 6.45) is 0. The van der Waals surface area contributed by atoms with Gasteiger partial charge in [-0.2, -0.15) is 5.10 Å². The van der Waals surface area contributed by atoms with E-state index in [4.69, 9.17) is 5.10 Å². The van der Waals surface area contributed by atoms with Crippen LogP contribution in [0.25, 0.3) is 16.9 Å². The van der Waals surface area contributed by atoms with E-state index in [0.717, 1.165) is 22.6 Å². The highest BCUT2D eigenvalue weighted by Crippen LogP contribution is 2.28. The third-order valence-corrected chi connectivity index (χ3v) is 4.42. The molecule has 1 N–H and O–H groups in total. The van der Waals surface area contributed by atoms with Crippen molar-refractivity contribution in [1.29, 1.82) is 0 Å². The SMILES string of the molecule is Cc1c(C(=O)Nc2ccccc2)c(-c2ccccc2)nn1-c1ccccc1. The quantitative estimate of drug-likeness (QED) is 0.555. The fourth-order valence-electron chi connectivity index (χ4n) is 3.11. The first-order valence-electron chi connectivity index (χ1n) is 8.81. The average molecular weight is 353 g/mol. The van der Waals surface area contributed by atoms with Crippen LogP contribution in [0.5, 0.6) is 0 Å². The van der Waals surface area contributed by atoms with Gasteiger partial charge < -0.3 is 5.32 Å². The highest BCUT2D eigenvalue weighted by molar-refractivity contribution is 6.09. The van der Waals surface area contributed by atoms with E-state index in [2.05, 4.69) is 5.32 Å². The Labute approximate surface area is 158 Å². The molecule has 0 unspecified atom stereocenters. The van der Waals surface area contributed by atoms with Crippen molar-refractivity contribution in [1.82, 2.24) is 9.78 Å². The van der Waals surface area contributed by atoms with Crippen LogP contribution in [0.3, 0.4) is 0 Å². The summed E-state index contributed by atoms with van der Waals surface area (Å²) in [5.41, 5.74) is 4.64. The summed E-state index contributed by atoms with van der Waals surface area (Å²) in [5, 5.41) is 7.75. The van der Waals surface area contributed by atoms with Gasteiger partial charge in [-0.25, -0.2) is 4.68 Å². The van der Waals surface area contributed by atoms with Gasteiger partial charge in [0.25, 0.3) is 5.91 Å². The number of hydrogen-bond acceptors (Lipinski definition) is 2. The first-order chi connectivity index (χ1) is 13.2. The van der Waals surface area contributed by atoms with Crippen LogP contribution in [-0.2, 0) is 0 Å². The van der Waals surface area contributed by atoms with Gasteiger partial charge in [-0.3, -0.25) is 4.79 Å². The van der Waals surface area contributed by atoms with Crippen molar-refractivity contribution in [2.45, 2.75) is 6.92 Å². The number of hydrogen-bond donors (Lipinski definition) is 1. The lowest BCUT2D eigenvalue weighted by molar-refractivity contribution is 0.102. The second-order valence-corrected chi connectivity index (χ2v) is 6.24. The molecule has 1 amide bonds. The molecule has 4 nitrogen and oxygen atoms in total. The zero-order valence-corrected chi connectivity index (χ0v) is 15.0. The Morgan fingerprint density at radius 1 is 0.815 bits per heavy atom. The molecular weight excluding hydrogens is 334 g/mol. The molecule has 132 valence electrons. The van der Waals surface area contributed by atoms with E-state index in [1.165, 1.54) is 0 Å². The molecule has 4 aromatic rings. The number of anilines is 1. The zero-order chi connectivity index (χ0) is 18.6. The second-order valence-electron chi connectivity index (χ2n) is 6.24. The van der Waals surface area contributed by atoms with Crippen molar-refractivity contribution in [3.05, 3.63) is 102 Å². The summed E-state index contributed by atoms with van der Waals surface area (Å²) in [7, 11) is 0. The standard InChI is InChI=1S/C23H19N3O/c1-17-21(23(27)24-19-13-7-3-8-14-19)22(18-11-5-2-6-12-18)25-26(17)20-15-9-4-10-16-20/h2-16H,1H3,(H,24,27). The van der Waals surface area contributed by atoms with Gasteiger partial charge in [-0.15, -0.1) is 0 Å². The fraction of sp³-hybridized carbons (Fsp3) is 0.0435. The van der Waals surface area contributed by atoms with Crippen LogP contribution in [0.15, 0.2) is 91.0 Å². The molecule has 1 heterocycles. The maximum Gasteiger partial charge on any atom is 0.259 e. The first kappa shape index (κ1) is 16.8. The molecule has 0 bridgehead atoms. The van der Waals surface area contributed by atoms with E-state index >= 15 is 0 Å². The number of para-hydroxylation sites is 2. The van der Waals surface area contributed by atoms with Gasteiger partial charge in [0, 0.05) is 11.3 Å². The maximum atomic E-state index is 13.1. The van der Waals surface area contributed by atoms with E-state index in [-0.39, 0.29) is 5.91 Å². The van der Waals surface area contributed by atoms with E-state index in [0.29, 0.717) is 11.3 Å². The minimum absolute atomic E-state index is 0.167. The van der Waals surface area contributed by atoms with Crippen LogP contribution >= 0.6 is 0 Å². The van der Waals surface area contributed by atoms with E-state index < -0.39 is 0 Å². The molecule has 0 aliphatic carbocycles. The van der Waals surface area contributed by atoms with Gasteiger partial charge in [0.1, 0.15) is 5.69 Å². The second kappa shape index (κ2) is 7.30. The number of rotatable bonds is 4. The molecule has 0 radical (unpaired) electrons. The van der Waals surface area contributed by atoms with Crippen LogP contribution in [-0.4, -0.2) is 15.7 Å². The number of nitrogens with one attached hydrogen (secondary N) is 1. The summed E-state index contributed by atoms with van der Waals surface area (Å²) < 4.78 is 1.82. The van der Waals surface area contributed by atoms with Gasteiger partial charge >= 0.3 is 0 Å². The van der Waals surface area contributed by atoms with Crippen molar-refractivity contribution in [2.75, 3.05) is 5.32 Å². The number of amides is 1. The lowest BCUT2D eigenvalue weighted by Crippen LogP contribution is -2.14. The summed E-state index contributed by atoms with van der Waals surface area (Å²) in [5.74, 6) is -0.167. The summed E-state index contributed by atoms with van der Waals surface area (Å²) in [4.78, 5) is 13.1. The molecule has 27 heavy (non-hydrogen) atoms. The minimum atomic E-state index is -0.167. The molecule has 3 aromatic carbocycles. The molecule has 1 aromatic heterocycles. The van der Waals surface area contributed by atoms with Crippen LogP contribution < -0.4 is 5.32 Å². The Morgan fingerprint density at radius 3 is 2.00 bits per heavy atom. The Kier molecular flexibility index (Phi) is 4.54. The highest BCUT2D eigenvalue weighted by atomic mass is 16.1. The third-order valence-electron chi connectivity index (χ3n) is 4.42. The van der Waals surface area contributed by atoms with Gasteiger partial charge in [0.2, 0.25) is 0 Å². The maximum absolute atomic E-state index is 13.1. The molecule has 0 spiro atoms. The topological polar surface area (TPSA) is 46.9 Å². The third kappa shape index (κ3) is 3.37. The number of nitrogens with zero attached hydrogens (tertiary/aromatic N) is 2. The lowest BCUT2D eigenvalue weighted by atomic mass is 10.1. The van der Waals surface area contributed by atoms with Gasteiger partial charge in [0.15, 0.2) is 0 Å². The molecule has 0 fully saturated rings. The predicted octanol–water partition coefficient (Wildman–Crippen LogP) is 5.10. The molecule has 0 saturated carbocycles. The van der Waals surface area contributed by atoms with Gasteiger partial charge in [0.05, 0.1) is 16.9 Å². The Hall–Kier alpha value is -3.66. The molecule has 0 aliphatic rings. The number of benzene rings is 3. The Morgan fingerprint density at radius 2 is 1.37 bits per heavy atom. The summed E-state index contributed by atoms with van der Waals surface area (Å²) in [6, 6.07) is 29.1. The van der Waals surface area contributed by atoms with Crippen molar-refractivity contribution < 1.29 is 4.79 Å². The van der Waals surface area contributed by atoms with Gasteiger partial charge in [-0.05, 0) is 31.2 Å². The van der Waals surface area contributed by atoms with Crippen molar-refractivity contribution >= 4 is 11.6 Å². The number of carbonyl (C=O) groups excluding carboxylic acids is 1. The number of aromatic nitrogens is 2. The molecule has 4 rings (SSSR count). The van der Waals surface area contributed by atoms with E-state index in [9.17, 15) is 4.79 Å². The van der Waals surface area contributed by atoms with E-state index in [1.807, 2.05) is 103 Å². The van der Waals surface area contributed by atoms with Crippen LogP contribution in [0.2, 0.25) is 0 Å². The highest BCUT2D eigenvalue weighted by Gasteiger charge is 2.23.